The molecule has 3 aromatic carbocycles. The van der Waals surface area contributed by atoms with Gasteiger partial charge in [0.05, 0.1) is 12.3 Å². The molecule has 0 saturated carbocycles. The van der Waals surface area contributed by atoms with Crippen molar-refractivity contribution in [3.63, 3.8) is 0 Å². The first-order valence-corrected chi connectivity index (χ1v) is 9.20. The maximum absolute atomic E-state index is 5.59. The maximum Gasteiger partial charge on any atom is 0.119 e. The summed E-state index contributed by atoms with van der Waals surface area (Å²) in [5.41, 5.74) is 6.73. The zero-order chi connectivity index (χ0) is 18.5. The highest BCUT2D eigenvalue weighted by Gasteiger charge is 2.15. The number of rotatable bonds is 5. The van der Waals surface area contributed by atoms with Gasteiger partial charge in [0.1, 0.15) is 5.75 Å². The van der Waals surface area contributed by atoms with E-state index in [4.69, 9.17) is 9.72 Å². The van der Waals surface area contributed by atoms with Crippen LogP contribution in [-0.2, 0) is 0 Å². The number of aromatic nitrogens is 1. The van der Waals surface area contributed by atoms with E-state index in [-0.39, 0.29) is 0 Å². The van der Waals surface area contributed by atoms with Gasteiger partial charge in [-0.15, -0.1) is 0 Å². The quantitative estimate of drug-likeness (QED) is 0.410. The molecule has 0 radical (unpaired) electrons. The van der Waals surface area contributed by atoms with Gasteiger partial charge >= 0.3 is 0 Å². The third kappa shape index (κ3) is 3.61. The average molecular weight is 351 g/mol. The van der Waals surface area contributed by atoms with Gasteiger partial charge in [-0.3, -0.25) is 4.98 Å². The monoisotopic (exact) mass is 351 g/mol. The van der Waals surface area contributed by atoms with Crippen LogP contribution in [0.4, 0.5) is 0 Å². The van der Waals surface area contributed by atoms with Gasteiger partial charge < -0.3 is 4.74 Å². The summed E-state index contributed by atoms with van der Waals surface area (Å²) < 4.78 is 5.59. The summed E-state index contributed by atoms with van der Waals surface area (Å²) in [7, 11) is 0. The molecule has 1 aromatic heterocycles. The summed E-state index contributed by atoms with van der Waals surface area (Å²) in [4.78, 5) is 4.73. The molecule has 2 nitrogen and oxygen atoms in total. The second kappa shape index (κ2) is 7.88. The highest BCUT2D eigenvalue weighted by Crippen LogP contribution is 2.38. The van der Waals surface area contributed by atoms with Gasteiger partial charge in [-0.2, -0.15) is 0 Å². The topological polar surface area (TPSA) is 22.1 Å². The molecule has 0 bridgehead atoms. The molecule has 0 fully saturated rings. The molecule has 0 aliphatic rings. The largest absolute Gasteiger partial charge is 0.494 e. The fourth-order valence-corrected chi connectivity index (χ4v) is 3.31. The first-order chi connectivity index (χ1) is 13.4. The summed E-state index contributed by atoms with van der Waals surface area (Å²) in [5, 5.41) is 0. The molecule has 4 aromatic rings. The van der Waals surface area contributed by atoms with Crippen LogP contribution >= 0.6 is 0 Å². The lowest BCUT2D eigenvalue weighted by Gasteiger charge is -2.15. The van der Waals surface area contributed by atoms with Crippen LogP contribution in [0.2, 0.25) is 0 Å². The van der Waals surface area contributed by atoms with Crippen LogP contribution in [0.1, 0.15) is 6.92 Å². The zero-order valence-electron chi connectivity index (χ0n) is 15.3. The molecule has 0 saturated heterocycles. The fraction of sp³-hybridized carbons (Fsp3) is 0.0800. The summed E-state index contributed by atoms with van der Waals surface area (Å²) in [5.74, 6) is 0.889. The Morgan fingerprint density at radius 2 is 1.30 bits per heavy atom. The Balaban J connectivity index is 1.91. The lowest BCUT2D eigenvalue weighted by atomic mass is 9.91. The van der Waals surface area contributed by atoms with Crippen molar-refractivity contribution < 1.29 is 4.74 Å². The van der Waals surface area contributed by atoms with Crippen molar-refractivity contribution >= 4 is 0 Å². The maximum atomic E-state index is 5.59. The predicted octanol–water partition coefficient (Wildman–Crippen LogP) is 6.48. The smallest absolute Gasteiger partial charge is 0.119 e. The molecular weight excluding hydrogens is 330 g/mol. The Labute approximate surface area is 160 Å². The van der Waals surface area contributed by atoms with Crippen LogP contribution in [0.25, 0.3) is 33.5 Å². The number of hydrogen-bond donors (Lipinski definition) is 0. The molecule has 132 valence electrons. The van der Waals surface area contributed by atoms with Crippen LogP contribution in [0.15, 0.2) is 97.2 Å². The molecule has 1 heterocycles. The molecular formula is C25H21NO. The van der Waals surface area contributed by atoms with E-state index < -0.39 is 0 Å². The average Bonchev–Trinajstić information content (AvgIpc) is 2.75. The molecule has 0 aliphatic carbocycles. The summed E-state index contributed by atoms with van der Waals surface area (Å²) in [6.07, 6.45) is 1.89. The number of nitrogens with zero attached hydrogens (tertiary/aromatic N) is 1. The Morgan fingerprint density at radius 1 is 0.667 bits per heavy atom. The first-order valence-electron chi connectivity index (χ1n) is 9.20. The number of benzene rings is 3. The molecule has 4 rings (SSSR count). The number of pyridine rings is 1. The normalized spacial score (nSPS) is 10.6. The van der Waals surface area contributed by atoms with Crippen LogP contribution < -0.4 is 4.74 Å². The SMILES string of the molecule is CCOc1ccc(-c2ccnc(-c3ccccc3)c2-c2ccccc2)cc1. The highest BCUT2D eigenvalue weighted by atomic mass is 16.5. The van der Waals surface area contributed by atoms with Crippen LogP contribution in [0, 0.1) is 0 Å². The molecule has 0 aliphatic heterocycles. The van der Waals surface area contributed by atoms with Gasteiger partial charge in [0, 0.05) is 17.3 Å². The van der Waals surface area contributed by atoms with Crippen LogP contribution in [0.3, 0.4) is 0 Å². The lowest BCUT2D eigenvalue weighted by Crippen LogP contribution is -1.94. The van der Waals surface area contributed by atoms with Crippen molar-refractivity contribution in [3.8, 4) is 39.3 Å². The van der Waals surface area contributed by atoms with Gasteiger partial charge in [-0.1, -0.05) is 72.8 Å². The number of ether oxygens (including phenoxy) is 1. The van der Waals surface area contributed by atoms with Crippen LogP contribution in [-0.4, -0.2) is 11.6 Å². The van der Waals surface area contributed by atoms with E-state index in [1.807, 2.05) is 37.4 Å². The Bertz CT molecular complexity index is 1010. The van der Waals surface area contributed by atoms with Crippen molar-refractivity contribution in [3.05, 3.63) is 97.2 Å². The minimum Gasteiger partial charge on any atom is -0.494 e. The Kier molecular flexibility index (Phi) is 4.97. The standard InChI is InChI=1S/C25H21NO/c1-2-27-22-15-13-19(14-16-22)23-17-18-26-25(21-11-7-4-8-12-21)24(23)20-9-5-3-6-10-20/h3-18H,2H2,1H3. The van der Waals surface area contributed by atoms with E-state index in [1.165, 1.54) is 0 Å². The third-order valence-corrected chi connectivity index (χ3v) is 4.54. The molecule has 0 unspecified atom stereocenters. The van der Waals surface area contributed by atoms with Crippen LogP contribution in [0.5, 0.6) is 5.75 Å². The molecule has 2 heteroatoms. The van der Waals surface area contributed by atoms with E-state index in [1.54, 1.807) is 0 Å². The summed E-state index contributed by atoms with van der Waals surface area (Å²) in [6.45, 7) is 2.67. The predicted molar refractivity (Wildman–Crippen MR) is 112 cm³/mol. The summed E-state index contributed by atoms with van der Waals surface area (Å²) >= 11 is 0. The second-order valence-electron chi connectivity index (χ2n) is 6.27. The fourth-order valence-electron chi connectivity index (χ4n) is 3.31. The first kappa shape index (κ1) is 17.0. The lowest BCUT2D eigenvalue weighted by molar-refractivity contribution is 0.340. The van der Waals surface area contributed by atoms with Crippen molar-refractivity contribution in [1.29, 1.82) is 0 Å². The minimum atomic E-state index is 0.669. The second-order valence-corrected chi connectivity index (χ2v) is 6.27. The van der Waals surface area contributed by atoms with Crippen molar-refractivity contribution in [2.24, 2.45) is 0 Å². The van der Waals surface area contributed by atoms with E-state index >= 15 is 0 Å². The molecule has 27 heavy (non-hydrogen) atoms. The minimum absolute atomic E-state index is 0.669. The number of hydrogen-bond acceptors (Lipinski definition) is 2. The third-order valence-electron chi connectivity index (χ3n) is 4.54. The molecule has 0 amide bonds. The zero-order valence-corrected chi connectivity index (χ0v) is 15.3. The van der Waals surface area contributed by atoms with Crippen molar-refractivity contribution in [2.45, 2.75) is 6.92 Å². The summed E-state index contributed by atoms with van der Waals surface area (Å²) in [6, 6.07) is 31.2. The van der Waals surface area contributed by atoms with Gasteiger partial charge in [-0.25, -0.2) is 0 Å². The molecule has 0 spiro atoms. The highest BCUT2D eigenvalue weighted by molar-refractivity contribution is 5.92. The van der Waals surface area contributed by atoms with E-state index in [2.05, 4.69) is 66.7 Å². The van der Waals surface area contributed by atoms with Crippen molar-refractivity contribution in [2.75, 3.05) is 6.61 Å². The van der Waals surface area contributed by atoms with Gasteiger partial charge in [0.2, 0.25) is 0 Å². The van der Waals surface area contributed by atoms with Gasteiger partial charge in [-0.05, 0) is 41.8 Å². The van der Waals surface area contributed by atoms with E-state index in [0.29, 0.717) is 6.61 Å². The molecule has 0 atom stereocenters. The van der Waals surface area contributed by atoms with Crippen molar-refractivity contribution in [1.82, 2.24) is 4.98 Å². The Hall–Kier alpha value is -3.39. The van der Waals surface area contributed by atoms with E-state index in [9.17, 15) is 0 Å². The van der Waals surface area contributed by atoms with E-state index in [0.717, 1.165) is 39.3 Å². The van der Waals surface area contributed by atoms with Gasteiger partial charge in [0.15, 0.2) is 0 Å². The molecule has 0 N–H and O–H groups in total. The Morgan fingerprint density at radius 3 is 1.93 bits per heavy atom. The van der Waals surface area contributed by atoms with Gasteiger partial charge in [0.25, 0.3) is 0 Å².